The summed E-state index contributed by atoms with van der Waals surface area (Å²) in [6, 6.07) is 5.48. The van der Waals surface area contributed by atoms with Crippen LogP contribution < -0.4 is 10.2 Å². The molecule has 4 heteroatoms. The Morgan fingerprint density at radius 1 is 1.21 bits per heavy atom. The Morgan fingerprint density at radius 3 is 2.58 bits per heavy atom. The quantitative estimate of drug-likeness (QED) is 0.853. The molecule has 2 aliphatic rings. The Balaban J connectivity index is 1.90. The van der Waals surface area contributed by atoms with E-state index in [4.69, 9.17) is 11.6 Å². The van der Waals surface area contributed by atoms with Gasteiger partial charge in [-0.2, -0.15) is 0 Å². The molecule has 104 valence electrons. The highest BCUT2D eigenvalue weighted by molar-refractivity contribution is 6.33. The number of piperazine rings is 1. The highest BCUT2D eigenvalue weighted by Crippen LogP contribution is 2.36. The molecule has 2 aliphatic heterocycles. The number of hydrogen-bond acceptors (Lipinski definition) is 3. The lowest BCUT2D eigenvalue weighted by Gasteiger charge is -2.43. The second-order valence-electron chi connectivity index (χ2n) is 5.91. The average Bonchev–Trinajstić information content (AvgIpc) is 2.81. The van der Waals surface area contributed by atoms with Crippen LogP contribution in [0.3, 0.4) is 0 Å². The molecule has 19 heavy (non-hydrogen) atoms. The molecule has 1 aromatic carbocycles. The van der Waals surface area contributed by atoms with Crippen molar-refractivity contribution in [1.29, 1.82) is 0 Å². The first-order chi connectivity index (χ1) is 9.06. The van der Waals surface area contributed by atoms with E-state index >= 15 is 0 Å². The van der Waals surface area contributed by atoms with Gasteiger partial charge in [0.1, 0.15) is 0 Å². The summed E-state index contributed by atoms with van der Waals surface area (Å²) >= 11 is 6.49. The largest absolute Gasteiger partial charge is 0.384 e. The molecule has 3 rings (SSSR count). The molecule has 1 fully saturated rings. The minimum atomic E-state index is 0.557. The standard InChI is InChI=1S/C15H22ClN3/c1-10-8-19(9-11(2)18(10)3)15-7-14-12(4-5-17-14)6-13(15)16/h6-7,10-11,17H,4-5,8-9H2,1-3H3. The van der Waals surface area contributed by atoms with Crippen molar-refractivity contribution in [1.82, 2.24) is 4.90 Å². The van der Waals surface area contributed by atoms with E-state index in [0.717, 1.165) is 31.1 Å². The zero-order chi connectivity index (χ0) is 13.6. The predicted molar refractivity (Wildman–Crippen MR) is 82.5 cm³/mol. The lowest BCUT2D eigenvalue weighted by molar-refractivity contribution is 0.170. The molecule has 0 saturated carbocycles. The van der Waals surface area contributed by atoms with E-state index < -0.39 is 0 Å². The summed E-state index contributed by atoms with van der Waals surface area (Å²) in [7, 11) is 2.21. The van der Waals surface area contributed by atoms with Gasteiger partial charge in [0.25, 0.3) is 0 Å². The highest BCUT2D eigenvalue weighted by Gasteiger charge is 2.28. The number of hydrogen-bond donors (Lipinski definition) is 1. The first kappa shape index (κ1) is 13.1. The molecule has 0 bridgehead atoms. The van der Waals surface area contributed by atoms with Gasteiger partial charge in [-0.15, -0.1) is 0 Å². The number of likely N-dealkylation sites (N-methyl/N-ethyl adjacent to an activating group) is 1. The second-order valence-corrected chi connectivity index (χ2v) is 6.31. The summed E-state index contributed by atoms with van der Waals surface area (Å²) in [5.74, 6) is 0. The second kappa shape index (κ2) is 4.88. The van der Waals surface area contributed by atoms with Gasteiger partial charge in [0.2, 0.25) is 0 Å². The molecule has 0 radical (unpaired) electrons. The van der Waals surface area contributed by atoms with E-state index in [0.29, 0.717) is 12.1 Å². The summed E-state index contributed by atoms with van der Waals surface area (Å²) < 4.78 is 0. The van der Waals surface area contributed by atoms with Gasteiger partial charge < -0.3 is 10.2 Å². The third-order valence-electron chi connectivity index (χ3n) is 4.58. The molecule has 1 saturated heterocycles. The lowest BCUT2D eigenvalue weighted by Crippen LogP contribution is -2.55. The van der Waals surface area contributed by atoms with Crippen LogP contribution in [0.1, 0.15) is 19.4 Å². The molecule has 0 amide bonds. The minimum Gasteiger partial charge on any atom is -0.384 e. The topological polar surface area (TPSA) is 18.5 Å². The van der Waals surface area contributed by atoms with Crippen LogP contribution in [0.5, 0.6) is 0 Å². The van der Waals surface area contributed by atoms with Gasteiger partial charge >= 0.3 is 0 Å². The fraction of sp³-hybridized carbons (Fsp3) is 0.600. The maximum Gasteiger partial charge on any atom is 0.0643 e. The van der Waals surface area contributed by atoms with E-state index in [1.807, 2.05) is 0 Å². The van der Waals surface area contributed by atoms with Crippen molar-refractivity contribution in [2.75, 3.05) is 36.9 Å². The molecule has 2 heterocycles. The van der Waals surface area contributed by atoms with Gasteiger partial charge in [-0.1, -0.05) is 11.6 Å². The molecule has 1 N–H and O–H groups in total. The van der Waals surface area contributed by atoms with Crippen LogP contribution in [0.25, 0.3) is 0 Å². The molecule has 3 nitrogen and oxygen atoms in total. The number of benzene rings is 1. The van der Waals surface area contributed by atoms with Crippen LogP contribution in [-0.2, 0) is 6.42 Å². The number of fused-ring (bicyclic) bond motifs is 1. The Morgan fingerprint density at radius 2 is 1.89 bits per heavy atom. The SMILES string of the molecule is CC1CN(c2cc3c(cc2Cl)CCN3)CC(C)N1C. The Bertz CT molecular complexity index is 477. The molecule has 1 aromatic rings. The summed E-state index contributed by atoms with van der Waals surface area (Å²) in [4.78, 5) is 4.87. The van der Waals surface area contributed by atoms with Crippen LogP contribution in [0, 0.1) is 0 Å². The number of anilines is 2. The van der Waals surface area contributed by atoms with E-state index in [1.54, 1.807) is 0 Å². The van der Waals surface area contributed by atoms with Crippen LogP contribution in [0.4, 0.5) is 11.4 Å². The Labute approximate surface area is 120 Å². The maximum absolute atomic E-state index is 6.49. The predicted octanol–water partition coefficient (Wildman–Crippen LogP) is 2.84. The Hall–Kier alpha value is -0.930. The van der Waals surface area contributed by atoms with Gasteiger partial charge in [0, 0.05) is 37.4 Å². The summed E-state index contributed by atoms with van der Waals surface area (Å²) in [6.07, 6.45) is 1.09. The van der Waals surface area contributed by atoms with Crippen molar-refractivity contribution in [2.45, 2.75) is 32.4 Å². The van der Waals surface area contributed by atoms with Gasteiger partial charge in [-0.25, -0.2) is 0 Å². The summed E-state index contributed by atoms with van der Waals surface area (Å²) in [6.45, 7) is 7.67. The lowest BCUT2D eigenvalue weighted by atomic mass is 10.1. The number of halogens is 1. The van der Waals surface area contributed by atoms with E-state index in [2.05, 4.69) is 48.1 Å². The molecular formula is C15H22ClN3. The fourth-order valence-corrected chi connectivity index (χ4v) is 3.46. The zero-order valence-corrected chi connectivity index (χ0v) is 12.7. The zero-order valence-electron chi connectivity index (χ0n) is 11.9. The molecule has 2 unspecified atom stereocenters. The van der Waals surface area contributed by atoms with Crippen LogP contribution in [0.2, 0.25) is 5.02 Å². The Kier molecular flexibility index (Phi) is 3.35. The normalized spacial score (nSPS) is 27.3. The van der Waals surface area contributed by atoms with Crippen molar-refractivity contribution in [3.63, 3.8) is 0 Å². The molecule has 2 atom stereocenters. The monoisotopic (exact) mass is 279 g/mol. The fourth-order valence-electron chi connectivity index (χ4n) is 3.15. The maximum atomic E-state index is 6.49. The van der Waals surface area contributed by atoms with Crippen LogP contribution >= 0.6 is 11.6 Å². The summed E-state index contributed by atoms with van der Waals surface area (Å²) in [5.41, 5.74) is 3.80. The summed E-state index contributed by atoms with van der Waals surface area (Å²) in [5, 5.41) is 4.34. The number of nitrogens with zero attached hydrogens (tertiary/aromatic N) is 2. The van der Waals surface area contributed by atoms with Crippen molar-refractivity contribution < 1.29 is 0 Å². The first-order valence-electron chi connectivity index (χ1n) is 7.09. The third kappa shape index (κ3) is 2.30. The van der Waals surface area contributed by atoms with E-state index in [9.17, 15) is 0 Å². The molecule has 0 aliphatic carbocycles. The molecule has 0 aromatic heterocycles. The average molecular weight is 280 g/mol. The van der Waals surface area contributed by atoms with Gasteiger partial charge in [-0.05, 0) is 45.0 Å². The van der Waals surface area contributed by atoms with Crippen molar-refractivity contribution in [3.05, 3.63) is 22.7 Å². The number of nitrogens with one attached hydrogen (secondary N) is 1. The van der Waals surface area contributed by atoms with Crippen molar-refractivity contribution >= 4 is 23.0 Å². The van der Waals surface area contributed by atoms with E-state index in [1.165, 1.54) is 16.9 Å². The van der Waals surface area contributed by atoms with Crippen LogP contribution in [-0.4, -0.2) is 43.7 Å². The number of rotatable bonds is 1. The highest BCUT2D eigenvalue weighted by atomic mass is 35.5. The third-order valence-corrected chi connectivity index (χ3v) is 4.89. The van der Waals surface area contributed by atoms with Crippen molar-refractivity contribution in [3.8, 4) is 0 Å². The smallest absolute Gasteiger partial charge is 0.0643 e. The minimum absolute atomic E-state index is 0.557. The first-order valence-corrected chi connectivity index (χ1v) is 7.47. The van der Waals surface area contributed by atoms with Crippen LogP contribution in [0.15, 0.2) is 12.1 Å². The van der Waals surface area contributed by atoms with Crippen molar-refractivity contribution in [2.24, 2.45) is 0 Å². The molecular weight excluding hydrogens is 258 g/mol. The molecule has 0 spiro atoms. The van der Waals surface area contributed by atoms with E-state index in [-0.39, 0.29) is 0 Å². The van der Waals surface area contributed by atoms with Gasteiger partial charge in [-0.3, -0.25) is 4.90 Å². The van der Waals surface area contributed by atoms with Gasteiger partial charge in [0.05, 0.1) is 10.7 Å². The van der Waals surface area contributed by atoms with Gasteiger partial charge in [0.15, 0.2) is 0 Å².